The van der Waals surface area contributed by atoms with Crippen LogP contribution in [0.1, 0.15) is 18.9 Å². The second kappa shape index (κ2) is 5.55. The number of rotatable bonds is 2. The van der Waals surface area contributed by atoms with Crippen LogP contribution in [0.2, 0.25) is 5.28 Å². The number of aromatic nitrogens is 2. The summed E-state index contributed by atoms with van der Waals surface area (Å²) in [6, 6.07) is 1.92. The zero-order chi connectivity index (χ0) is 14.0. The molecular weight excluding hydrogens is 288 g/mol. The molecule has 0 radical (unpaired) electrons. The summed E-state index contributed by atoms with van der Waals surface area (Å²) in [6.45, 7) is 1.80. The number of hydrogen-bond acceptors (Lipinski definition) is 6. The van der Waals surface area contributed by atoms with Crippen molar-refractivity contribution in [2.24, 2.45) is 0 Å². The molecule has 98 valence electrons. The van der Waals surface area contributed by atoms with Crippen LogP contribution in [0.25, 0.3) is 0 Å². The Bertz CT molecular complexity index is 587. The smallest absolute Gasteiger partial charge is 0.229 e. The monoisotopic (exact) mass is 296 g/mol. The van der Waals surface area contributed by atoms with Crippen LogP contribution in [0, 0.1) is 11.3 Å². The number of nitriles is 1. The zero-order valence-corrected chi connectivity index (χ0v) is 11.5. The number of carbonyl (C=O) groups excluding carboxylic acids is 2. The summed E-state index contributed by atoms with van der Waals surface area (Å²) in [7, 11) is 0. The Labute approximate surface area is 118 Å². The van der Waals surface area contributed by atoms with Gasteiger partial charge < -0.3 is 0 Å². The lowest BCUT2D eigenvalue weighted by Crippen LogP contribution is -2.27. The molecule has 0 saturated carbocycles. The summed E-state index contributed by atoms with van der Waals surface area (Å²) >= 11 is 6.81. The van der Waals surface area contributed by atoms with Crippen molar-refractivity contribution in [1.82, 2.24) is 9.97 Å². The molecule has 0 N–H and O–H groups in total. The predicted octanol–water partition coefficient (Wildman–Crippen LogP) is 1.39. The van der Waals surface area contributed by atoms with Gasteiger partial charge >= 0.3 is 0 Å². The number of halogens is 1. The lowest BCUT2D eigenvalue weighted by molar-refractivity contribution is -0.117. The molecule has 8 heteroatoms. The third-order valence-corrected chi connectivity index (χ3v) is 3.70. The topological polar surface area (TPSA) is 87.0 Å². The summed E-state index contributed by atoms with van der Waals surface area (Å²) in [5.74, 6) is 0.0316. The Hall–Kier alpha value is -1.65. The number of hydrogen-bond donors (Lipinski definition) is 0. The molecule has 1 saturated heterocycles. The highest BCUT2D eigenvalue weighted by atomic mass is 35.5. The average Bonchev–Trinajstić information content (AvgIpc) is 2.69. The highest BCUT2D eigenvalue weighted by molar-refractivity contribution is 8.14. The SMILES string of the molecule is CC(=O)SC1CC(=O)N(c2nc(Cl)ncc2C#N)C1. The molecule has 2 rings (SSSR count). The summed E-state index contributed by atoms with van der Waals surface area (Å²) in [5.41, 5.74) is 0.186. The fourth-order valence-electron chi connectivity index (χ4n) is 1.83. The molecule has 1 unspecified atom stereocenters. The van der Waals surface area contributed by atoms with Crippen molar-refractivity contribution in [2.75, 3.05) is 11.4 Å². The van der Waals surface area contributed by atoms with Crippen molar-refractivity contribution >= 4 is 40.2 Å². The van der Waals surface area contributed by atoms with Crippen LogP contribution in [-0.4, -0.2) is 32.8 Å². The number of thioether (sulfide) groups is 1. The van der Waals surface area contributed by atoms with Crippen molar-refractivity contribution in [1.29, 1.82) is 5.26 Å². The van der Waals surface area contributed by atoms with E-state index in [0.717, 1.165) is 11.8 Å². The van der Waals surface area contributed by atoms with E-state index < -0.39 is 0 Å². The van der Waals surface area contributed by atoms with Crippen molar-refractivity contribution < 1.29 is 9.59 Å². The van der Waals surface area contributed by atoms with E-state index in [1.165, 1.54) is 18.0 Å². The fraction of sp³-hybridized carbons (Fsp3) is 0.364. The molecule has 0 spiro atoms. The highest BCUT2D eigenvalue weighted by Crippen LogP contribution is 2.29. The standard InChI is InChI=1S/C11H9ClN4O2S/c1-6(17)19-8-2-9(18)16(5-8)10-7(3-13)4-14-11(12)15-10/h4,8H,2,5H2,1H3. The molecule has 1 atom stereocenters. The molecule has 0 aromatic carbocycles. The van der Waals surface area contributed by atoms with E-state index in [-0.39, 0.29) is 39.4 Å². The molecule has 19 heavy (non-hydrogen) atoms. The Morgan fingerprint density at radius 2 is 2.42 bits per heavy atom. The van der Waals surface area contributed by atoms with E-state index in [1.807, 2.05) is 6.07 Å². The zero-order valence-electron chi connectivity index (χ0n) is 9.96. The van der Waals surface area contributed by atoms with Crippen molar-refractivity contribution in [2.45, 2.75) is 18.6 Å². The fourth-order valence-corrected chi connectivity index (χ4v) is 2.88. The normalized spacial score (nSPS) is 18.5. The van der Waals surface area contributed by atoms with Gasteiger partial charge in [-0.25, -0.2) is 4.98 Å². The predicted molar refractivity (Wildman–Crippen MR) is 70.8 cm³/mol. The molecule has 0 bridgehead atoms. The lowest BCUT2D eigenvalue weighted by atomic mass is 10.3. The minimum absolute atomic E-state index is 0.0236. The Morgan fingerprint density at radius 3 is 3.05 bits per heavy atom. The van der Waals surface area contributed by atoms with Crippen LogP contribution in [0.15, 0.2) is 6.20 Å². The van der Waals surface area contributed by atoms with Crippen LogP contribution >= 0.6 is 23.4 Å². The van der Waals surface area contributed by atoms with Gasteiger partial charge in [-0.05, 0) is 11.6 Å². The van der Waals surface area contributed by atoms with E-state index in [0.29, 0.717) is 6.54 Å². The molecule has 1 fully saturated rings. The first-order valence-corrected chi connectivity index (χ1v) is 6.67. The third kappa shape index (κ3) is 3.03. The molecule has 6 nitrogen and oxygen atoms in total. The molecule has 1 aromatic rings. The van der Waals surface area contributed by atoms with Gasteiger partial charge in [0, 0.05) is 25.1 Å². The maximum Gasteiger partial charge on any atom is 0.229 e. The van der Waals surface area contributed by atoms with E-state index in [4.69, 9.17) is 16.9 Å². The summed E-state index contributed by atoms with van der Waals surface area (Å²) in [5, 5.41) is 8.81. The molecule has 1 amide bonds. The van der Waals surface area contributed by atoms with Crippen LogP contribution in [0.3, 0.4) is 0 Å². The minimum atomic E-state index is -0.176. The molecule has 2 heterocycles. The first-order valence-electron chi connectivity index (χ1n) is 5.41. The quantitative estimate of drug-likeness (QED) is 0.766. The van der Waals surface area contributed by atoms with Crippen molar-refractivity contribution in [3.8, 4) is 6.07 Å². The minimum Gasteiger partial charge on any atom is -0.294 e. The molecular formula is C11H9ClN4O2S. The maximum atomic E-state index is 11.9. The van der Waals surface area contributed by atoms with Gasteiger partial charge in [-0.2, -0.15) is 10.2 Å². The summed E-state index contributed by atoms with van der Waals surface area (Å²) < 4.78 is 0. The first kappa shape index (κ1) is 13.8. The van der Waals surface area contributed by atoms with Crippen molar-refractivity contribution in [3.05, 3.63) is 17.0 Å². The van der Waals surface area contributed by atoms with Gasteiger partial charge in [0.2, 0.25) is 11.2 Å². The Kier molecular flexibility index (Phi) is 4.02. The van der Waals surface area contributed by atoms with E-state index >= 15 is 0 Å². The van der Waals surface area contributed by atoms with E-state index in [2.05, 4.69) is 9.97 Å². The average molecular weight is 297 g/mol. The molecule has 1 aromatic heterocycles. The Morgan fingerprint density at radius 1 is 1.68 bits per heavy atom. The Balaban J connectivity index is 2.28. The van der Waals surface area contributed by atoms with Crippen LogP contribution < -0.4 is 4.90 Å². The van der Waals surface area contributed by atoms with Gasteiger partial charge in [-0.3, -0.25) is 14.5 Å². The molecule has 0 aliphatic carbocycles. The van der Waals surface area contributed by atoms with Gasteiger partial charge in [0.1, 0.15) is 11.6 Å². The second-order valence-electron chi connectivity index (χ2n) is 3.93. The number of anilines is 1. The molecule has 1 aliphatic rings. The third-order valence-electron chi connectivity index (χ3n) is 2.54. The number of nitrogens with zero attached hydrogens (tertiary/aromatic N) is 4. The molecule has 1 aliphatic heterocycles. The lowest BCUT2D eigenvalue weighted by Gasteiger charge is -2.16. The van der Waals surface area contributed by atoms with Crippen LogP contribution in [-0.2, 0) is 9.59 Å². The van der Waals surface area contributed by atoms with Gasteiger partial charge in [-0.1, -0.05) is 11.8 Å². The van der Waals surface area contributed by atoms with Gasteiger partial charge in [0.25, 0.3) is 0 Å². The van der Waals surface area contributed by atoms with E-state index in [1.54, 1.807) is 0 Å². The first-order chi connectivity index (χ1) is 9.01. The number of carbonyl (C=O) groups is 2. The van der Waals surface area contributed by atoms with Gasteiger partial charge in [0.05, 0.1) is 6.20 Å². The second-order valence-corrected chi connectivity index (χ2v) is 5.74. The number of amides is 1. The summed E-state index contributed by atoms with van der Waals surface area (Å²) in [4.78, 5) is 32.0. The van der Waals surface area contributed by atoms with E-state index in [9.17, 15) is 9.59 Å². The van der Waals surface area contributed by atoms with Gasteiger partial charge in [-0.15, -0.1) is 0 Å². The summed E-state index contributed by atoms with van der Waals surface area (Å²) in [6.07, 6.45) is 1.53. The van der Waals surface area contributed by atoms with Gasteiger partial charge in [0.15, 0.2) is 10.9 Å². The highest BCUT2D eigenvalue weighted by Gasteiger charge is 2.34. The van der Waals surface area contributed by atoms with Crippen LogP contribution in [0.4, 0.5) is 5.82 Å². The maximum absolute atomic E-state index is 11.9. The van der Waals surface area contributed by atoms with Crippen molar-refractivity contribution in [3.63, 3.8) is 0 Å². The largest absolute Gasteiger partial charge is 0.294 e. The van der Waals surface area contributed by atoms with Crippen LogP contribution in [0.5, 0.6) is 0 Å².